The van der Waals surface area contributed by atoms with Gasteiger partial charge in [-0.25, -0.2) is 0 Å². The second kappa shape index (κ2) is 9.32. The molecule has 2 atom stereocenters. The van der Waals surface area contributed by atoms with E-state index in [1.807, 2.05) is 60.7 Å². The van der Waals surface area contributed by atoms with Gasteiger partial charge in [-0.1, -0.05) is 60.7 Å². The monoisotopic (exact) mass is 454 g/mol. The van der Waals surface area contributed by atoms with Crippen LogP contribution in [0.5, 0.6) is 23.0 Å². The Balaban J connectivity index is 1.97. The largest absolute Gasteiger partial charge is 0.508 e. The zero-order valence-corrected chi connectivity index (χ0v) is 18.9. The van der Waals surface area contributed by atoms with Crippen LogP contribution >= 0.6 is 0 Å². The van der Waals surface area contributed by atoms with Gasteiger partial charge in [0.2, 0.25) is 0 Å². The molecular weight excluding hydrogens is 428 g/mol. The lowest BCUT2D eigenvalue weighted by Gasteiger charge is -2.26. The SMILES string of the molecule is Cc1cc(C(C(=O)C(c2ccccc2)c2cc(C)c(O)cc2O)c2ccccc2)c(O)cc1O. The molecule has 0 saturated carbocycles. The minimum atomic E-state index is -0.876. The fourth-order valence-electron chi connectivity index (χ4n) is 4.33. The number of phenols is 4. The second-order valence-corrected chi connectivity index (χ2v) is 8.48. The summed E-state index contributed by atoms with van der Waals surface area (Å²) >= 11 is 0. The highest BCUT2D eigenvalue weighted by Gasteiger charge is 2.35. The fraction of sp³-hybridized carbons (Fsp3) is 0.138. The average molecular weight is 455 g/mol. The number of aromatic hydroxyl groups is 4. The molecule has 172 valence electrons. The van der Waals surface area contributed by atoms with Gasteiger partial charge in [0.1, 0.15) is 23.0 Å². The van der Waals surface area contributed by atoms with E-state index in [1.165, 1.54) is 12.1 Å². The summed E-state index contributed by atoms with van der Waals surface area (Å²) in [6.45, 7) is 3.41. The van der Waals surface area contributed by atoms with Crippen molar-refractivity contribution in [1.82, 2.24) is 0 Å². The number of carbonyl (C=O) groups excluding carboxylic acids is 1. The molecule has 0 fully saturated rings. The van der Waals surface area contributed by atoms with E-state index < -0.39 is 11.8 Å². The van der Waals surface area contributed by atoms with Crippen LogP contribution in [0, 0.1) is 13.8 Å². The molecular formula is C29H26O5. The standard InChI is InChI=1S/C29H26O5/c1-17-13-21(25(32)15-23(17)30)27(19-9-5-3-6-10-19)29(34)28(20-11-7-4-8-12-20)22-14-18(2)24(31)16-26(22)33/h3-16,27-28,30-33H,1-2H3. The first-order valence-electron chi connectivity index (χ1n) is 11.0. The summed E-state index contributed by atoms with van der Waals surface area (Å²) in [4.78, 5) is 14.4. The quantitative estimate of drug-likeness (QED) is 0.301. The maximum absolute atomic E-state index is 14.4. The van der Waals surface area contributed by atoms with Crippen LogP contribution in [-0.2, 0) is 4.79 Å². The first kappa shape index (κ1) is 22.9. The lowest BCUT2D eigenvalue weighted by atomic mass is 9.76. The molecule has 34 heavy (non-hydrogen) atoms. The van der Waals surface area contributed by atoms with Crippen LogP contribution in [0.3, 0.4) is 0 Å². The molecule has 4 aromatic rings. The molecule has 0 aromatic heterocycles. The van der Waals surface area contributed by atoms with Crippen LogP contribution in [0.1, 0.15) is 45.2 Å². The van der Waals surface area contributed by atoms with Crippen molar-refractivity contribution in [3.63, 3.8) is 0 Å². The van der Waals surface area contributed by atoms with Crippen molar-refractivity contribution >= 4 is 5.78 Å². The van der Waals surface area contributed by atoms with E-state index in [9.17, 15) is 25.2 Å². The number of benzene rings is 4. The number of ketones is 1. The fourth-order valence-corrected chi connectivity index (χ4v) is 4.33. The van der Waals surface area contributed by atoms with Gasteiger partial charge in [-0.2, -0.15) is 0 Å². The number of hydrogen-bond acceptors (Lipinski definition) is 5. The molecule has 5 nitrogen and oxygen atoms in total. The summed E-state index contributed by atoms with van der Waals surface area (Å²) < 4.78 is 0. The Morgan fingerprint density at radius 2 is 0.912 bits per heavy atom. The topological polar surface area (TPSA) is 98.0 Å². The summed E-state index contributed by atoms with van der Waals surface area (Å²) in [7, 11) is 0. The van der Waals surface area contributed by atoms with E-state index >= 15 is 0 Å². The zero-order chi connectivity index (χ0) is 24.4. The van der Waals surface area contributed by atoms with Gasteiger partial charge in [-0.3, -0.25) is 4.79 Å². The average Bonchev–Trinajstić information content (AvgIpc) is 2.82. The number of phenolic OH excluding ortho intramolecular Hbond substituents is 4. The van der Waals surface area contributed by atoms with Crippen LogP contribution in [0.4, 0.5) is 0 Å². The Labute approximate surface area is 198 Å². The third kappa shape index (κ3) is 4.33. The molecule has 4 aromatic carbocycles. The molecule has 0 radical (unpaired) electrons. The molecule has 0 aliphatic heterocycles. The van der Waals surface area contributed by atoms with E-state index in [0.29, 0.717) is 33.4 Å². The highest BCUT2D eigenvalue weighted by Crippen LogP contribution is 2.43. The van der Waals surface area contributed by atoms with E-state index in [-0.39, 0.29) is 28.8 Å². The van der Waals surface area contributed by atoms with Crippen LogP contribution in [0.2, 0.25) is 0 Å². The Bertz CT molecular complexity index is 1230. The number of rotatable bonds is 6. The Morgan fingerprint density at radius 1 is 0.559 bits per heavy atom. The van der Waals surface area contributed by atoms with Crippen LogP contribution in [0.25, 0.3) is 0 Å². The van der Waals surface area contributed by atoms with Gasteiger partial charge in [-0.15, -0.1) is 0 Å². The van der Waals surface area contributed by atoms with Crippen molar-refractivity contribution in [2.24, 2.45) is 0 Å². The smallest absolute Gasteiger partial charge is 0.156 e. The first-order valence-corrected chi connectivity index (χ1v) is 11.0. The second-order valence-electron chi connectivity index (χ2n) is 8.48. The third-order valence-electron chi connectivity index (χ3n) is 6.15. The van der Waals surface area contributed by atoms with Crippen molar-refractivity contribution in [1.29, 1.82) is 0 Å². The molecule has 0 heterocycles. The Morgan fingerprint density at radius 3 is 1.26 bits per heavy atom. The van der Waals surface area contributed by atoms with Gasteiger partial charge >= 0.3 is 0 Å². The van der Waals surface area contributed by atoms with E-state index in [4.69, 9.17) is 0 Å². The van der Waals surface area contributed by atoms with Gasteiger partial charge in [0.15, 0.2) is 5.78 Å². The molecule has 5 heteroatoms. The maximum Gasteiger partial charge on any atom is 0.156 e. The Hall–Kier alpha value is -4.25. The van der Waals surface area contributed by atoms with Crippen LogP contribution in [-0.4, -0.2) is 26.2 Å². The summed E-state index contributed by atoms with van der Waals surface area (Å²) in [6.07, 6.45) is 0. The van der Waals surface area contributed by atoms with Crippen LogP contribution in [0.15, 0.2) is 84.9 Å². The third-order valence-corrected chi connectivity index (χ3v) is 6.15. The van der Waals surface area contributed by atoms with E-state index in [0.717, 1.165) is 0 Å². The van der Waals surface area contributed by atoms with Crippen molar-refractivity contribution in [3.8, 4) is 23.0 Å². The van der Waals surface area contributed by atoms with Crippen molar-refractivity contribution in [3.05, 3.63) is 118 Å². The lowest BCUT2D eigenvalue weighted by Crippen LogP contribution is -2.23. The summed E-state index contributed by atoms with van der Waals surface area (Å²) in [5.74, 6) is -2.53. The normalized spacial score (nSPS) is 12.8. The molecule has 2 unspecified atom stereocenters. The molecule has 0 aliphatic rings. The maximum atomic E-state index is 14.4. The molecule has 0 spiro atoms. The first-order chi connectivity index (χ1) is 16.3. The highest BCUT2D eigenvalue weighted by atomic mass is 16.3. The number of hydrogen-bond donors (Lipinski definition) is 4. The lowest BCUT2D eigenvalue weighted by molar-refractivity contribution is -0.120. The molecule has 0 bridgehead atoms. The van der Waals surface area contributed by atoms with Crippen LogP contribution < -0.4 is 0 Å². The number of aryl methyl sites for hydroxylation is 2. The molecule has 0 amide bonds. The summed E-state index contributed by atoms with van der Waals surface area (Å²) in [5, 5.41) is 41.7. The van der Waals surface area contributed by atoms with E-state index in [1.54, 1.807) is 26.0 Å². The van der Waals surface area contributed by atoms with Gasteiger partial charge in [0.05, 0.1) is 11.8 Å². The number of Topliss-reactive ketones (excluding diaryl/α,β-unsaturated/α-hetero) is 1. The van der Waals surface area contributed by atoms with Gasteiger partial charge in [0, 0.05) is 23.3 Å². The van der Waals surface area contributed by atoms with Gasteiger partial charge in [-0.05, 0) is 48.2 Å². The molecule has 0 aliphatic carbocycles. The molecule has 4 N–H and O–H groups in total. The van der Waals surface area contributed by atoms with Gasteiger partial charge in [0.25, 0.3) is 0 Å². The zero-order valence-electron chi connectivity index (χ0n) is 18.9. The predicted octanol–water partition coefficient (Wildman–Crippen LogP) is 5.66. The van der Waals surface area contributed by atoms with Crippen molar-refractivity contribution in [2.75, 3.05) is 0 Å². The minimum absolute atomic E-state index is 0.0630. The highest BCUT2D eigenvalue weighted by molar-refractivity contribution is 5.98. The summed E-state index contributed by atoms with van der Waals surface area (Å²) in [6, 6.07) is 23.9. The van der Waals surface area contributed by atoms with Crippen molar-refractivity contribution in [2.45, 2.75) is 25.7 Å². The Kier molecular flexibility index (Phi) is 6.28. The minimum Gasteiger partial charge on any atom is -0.508 e. The van der Waals surface area contributed by atoms with Gasteiger partial charge < -0.3 is 20.4 Å². The van der Waals surface area contributed by atoms with Crippen molar-refractivity contribution < 1.29 is 25.2 Å². The summed E-state index contributed by atoms with van der Waals surface area (Å²) in [5.41, 5.74) is 3.12. The number of carbonyl (C=O) groups is 1. The molecule has 4 rings (SSSR count). The molecule has 0 saturated heterocycles. The van der Waals surface area contributed by atoms with E-state index in [2.05, 4.69) is 0 Å². The predicted molar refractivity (Wildman–Crippen MR) is 131 cm³/mol.